The number of hydrogen-bond acceptors (Lipinski definition) is 3. The first kappa shape index (κ1) is 13.4. The summed E-state index contributed by atoms with van der Waals surface area (Å²) in [6, 6.07) is 8.84. The standard InChI is InChI=1S/C17H20ClN3/c18-14-5-4-13-6-7-19-17(16(13)11-14)21-10-9-20-8-2-1-3-15(20)12-21/h4-7,11,15H,1-3,8-10,12H2. The van der Waals surface area contributed by atoms with Gasteiger partial charge in [-0.3, -0.25) is 4.90 Å². The summed E-state index contributed by atoms with van der Waals surface area (Å²) < 4.78 is 0. The second kappa shape index (κ2) is 5.47. The molecule has 0 bridgehead atoms. The molecule has 0 amide bonds. The predicted octanol–water partition coefficient (Wildman–Crippen LogP) is 3.56. The van der Waals surface area contributed by atoms with Crippen molar-refractivity contribution in [3.63, 3.8) is 0 Å². The number of benzene rings is 1. The molecule has 3 heterocycles. The maximum absolute atomic E-state index is 6.19. The van der Waals surface area contributed by atoms with Crippen LogP contribution in [-0.4, -0.2) is 42.1 Å². The van der Waals surface area contributed by atoms with Crippen LogP contribution in [0, 0.1) is 0 Å². The molecular formula is C17H20ClN3. The van der Waals surface area contributed by atoms with E-state index in [9.17, 15) is 0 Å². The number of fused-ring (bicyclic) bond motifs is 2. The molecule has 0 spiro atoms. The molecule has 0 radical (unpaired) electrons. The van der Waals surface area contributed by atoms with Gasteiger partial charge in [0, 0.05) is 42.3 Å². The number of nitrogens with zero attached hydrogens (tertiary/aromatic N) is 3. The average Bonchev–Trinajstić information content (AvgIpc) is 2.54. The molecule has 4 rings (SSSR count). The van der Waals surface area contributed by atoms with Gasteiger partial charge < -0.3 is 4.90 Å². The van der Waals surface area contributed by atoms with Crippen LogP contribution in [0.4, 0.5) is 5.82 Å². The zero-order valence-electron chi connectivity index (χ0n) is 12.1. The van der Waals surface area contributed by atoms with Gasteiger partial charge in [0.15, 0.2) is 0 Å². The fourth-order valence-electron chi connectivity index (χ4n) is 3.73. The SMILES string of the molecule is Clc1ccc2ccnc(N3CCN4CCCCC4C3)c2c1. The van der Waals surface area contributed by atoms with Crippen LogP contribution in [-0.2, 0) is 0 Å². The topological polar surface area (TPSA) is 19.4 Å². The van der Waals surface area contributed by atoms with Crippen molar-refractivity contribution in [1.82, 2.24) is 9.88 Å². The fraction of sp³-hybridized carbons (Fsp3) is 0.471. The van der Waals surface area contributed by atoms with Crippen LogP contribution in [0.15, 0.2) is 30.5 Å². The first-order valence-corrected chi connectivity index (χ1v) is 8.22. The molecular weight excluding hydrogens is 282 g/mol. The number of pyridine rings is 1. The molecule has 1 atom stereocenters. The van der Waals surface area contributed by atoms with Crippen molar-refractivity contribution in [2.24, 2.45) is 0 Å². The fourth-order valence-corrected chi connectivity index (χ4v) is 3.90. The van der Waals surface area contributed by atoms with E-state index in [0.29, 0.717) is 6.04 Å². The molecule has 110 valence electrons. The van der Waals surface area contributed by atoms with Crippen LogP contribution < -0.4 is 4.90 Å². The Morgan fingerprint density at radius 2 is 2.05 bits per heavy atom. The minimum atomic E-state index is 0.698. The highest BCUT2D eigenvalue weighted by molar-refractivity contribution is 6.31. The van der Waals surface area contributed by atoms with E-state index >= 15 is 0 Å². The van der Waals surface area contributed by atoms with Crippen molar-refractivity contribution in [1.29, 1.82) is 0 Å². The van der Waals surface area contributed by atoms with E-state index in [0.717, 1.165) is 30.5 Å². The molecule has 0 aliphatic carbocycles. The Morgan fingerprint density at radius 1 is 1.10 bits per heavy atom. The zero-order valence-corrected chi connectivity index (χ0v) is 12.9. The highest BCUT2D eigenvalue weighted by Gasteiger charge is 2.29. The van der Waals surface area contributed by atoms with Crippen molar-refractivity contribution in [2.45, 2.75) is 25.3 Å². The van der Waals surface area contributed by atoms with E-state index in [4.69, 9.17) is 11.6 Å². The van der Waals surface area contributed by atoms with E-state index in [1.807, 2.05) is 18.3 Å². The van der Waals surface area contributed by atoms with Gasteiger partial charge in [-0.1, -0.05) is 24.1 Å². The molecule has 0 N–H and O–H groups in total. The summed E-state index contributed by atoms with van der Waals surface area (Å²) >= 11 is 6.19. The molecule has 1 aromatic heterocycles. The molecule has 3 nitrogen and oxygen atoms in total. The minimum absolute atomic E-state index is 0.698. The summed E-state index contributed by atoms with van der Waals surface area (Å²) in [4.78, 5) is 9.76. The quantitative estimate of drug-likeness (QED) is 0.803. The van der Waals surface area contributed by atoms with Gasteiger partial charge in [0.05, 0.1) is 0 Å². The van der Waals surface area contributed by atoms with Gasteiger partial charge in [-0.25, -0.2) is 4.98 Å². The van der Waals surface area contributed by atoms with E-state index in [2.05, 4.69) is 26.9 Å². The lowest BCUT2D eigenvalue weighted by atomic mass is 9.99. The average molecular weight is 302 g/mol. The second-order valence-corrected chi connectivity index (χ2v) is 6.57. The molecule has 21 heavy (non-hydrogen) atoms. The predicted molar refractivity (Wildman–Crippen MR) is 88.2 cm³/mol. The van der Waals surface area contributed by atoms with Crippen LogP contribution in [0.1, 0.15) is 19.3 Å². The molecule has 2 aliphatic heterocycles. The Labute approximate surface area is 130 Å². The number of piperidine rings is 1. The van der Waals surface area contributed by atoms with Crippen molar-refractivity contribution in [3.05, 3.63) is 35.5 Å². The van der Waals surface area contributed by atoms with Gasteiger partial charge in [-0.05, 0) is 43.0 Å². The first-order valence-electron chi connectivity index (χ1n) is 7.84. The van der Waals surface area contributed by atoms with Crippen LogP contribution in [0.5, 0.6) is 0 Å². The summed E-state index contributed by atoms with van der Waals surface area (Å²) in [5, 5.41) is 3.18. The third-order valence-electron chi connectivity index (χ3n) is 4.84. The molecule has 2 aliphatic rings. The normalized spacial score (nSPS) is 23.3. The molecule has 2 fully saturated rings. The number of anilines is 1. The lowest BCUT2D eigenvalue weighted by molar-refractivity contribution is 0.133. The lowest BCUT2D eigenvalue weighted by Crippen LogP contribution is -2.55. The third kappa shape index (κ3) is 2.49. The van der Waals surface area contributed by atoms with Crippen LogP contribution >= 0.6 is 11.6 Å². The summed E-state index contributed by atoms with van der Waals surface area (Å²) in [5.41, 5.74) is 0. The monoisotopic (exact) mass is 301 g/mol. The summed E-state index contributed by atoms with van der Waals surface area (Å²) in [5.74, 6) is 1.10. The molecule has 2 saturated heterocycles. The smallest absolute Gasteiger partial charge is 0.136 e. The highest BCUT2D eigenvalue weighted by atomic mass is 35.5. The summed E-state index contributed by atoms with van der Waals surface area (Å²) in [6.45, 7) is 4.59. The third-order valence-corrected chi connectivity index (χ3v) is 5.08. The second-order valence-electron chi connectivity index (χ2n) is 6.13. The molecule has 2 aromatic rings. The largest absolute Gasteiger partial charge is 0.353 e. The Hall–Kier alpha value is -1.32. The van der Waals surface area contributed by atoms with Crippen LogP contribution in [0.3, 0.4) is 0 Å². The van der Waals surface area contributed by atoms with Gasteiger partial charge in [-0.15, -0.1) is 0 Å². The van der Waals surface area contributed by atoms with Gasteiger partial charge in [0.2, 0.25) is 0 Å². The zero-order chi connectivity index (χ0) is 14.2. The van der Waals surface area contributed by atoms with Crippen molar-refractivity contribution < 1.29 is 0 Å². The maximum atomic E-state index is 6.19. The number of rotatable bonds is 1. The van der Waals surface area contributed by atoms with Crippen LogP contribution in [0.25, 0.3) is 10.8 Å². The van der Waals surface area contributed by atoms with E-state index in [1.54, 1.807) is 0 Å². The summed E-state index contributed by atoms with van der Waals surface area (Å²) in [7, 11) is 0. The first-order chi connectivity index (χ1) is 10.3. The maximum Gasteiger partial charge on any atom is 0.136 e. The van der Waals surface area contributed by atoms with Gasteiger partial charge >= 0.3 is 0 Å². The lowest BCUT2D eigenvalue weighted by Gasteiger charge is -2.44. The van der Waals surface area contributed by atoms with Gasteiger partial charge in [-0.2, -0.15) is 0 Å². The van der Waals surface area contributed by atoms with Gasteiger partial charge in [0.25, 0.3) is 0 Å². The number of aromatic nitrogens is 1. The van der Waals surface area contributed by atoms with Crippen molar-refractivity contribution >= 4 is 28.2 Å². The van der Waals surface area contributed by atoms with E-state index < -0.39 is 0 Å². The molecule has 1 aromatic carbocycles. The number of piperazine rings is 1. The highest BCUT2D eigenvalue weighted by Crippen LogP contribution is 2.30. The van der Waals surface area contributed by atoms with E-state index in [1.165, 1.54) is 36.6 Å². The number of hydrogen-bond donors (Lipinski definition) is 0. The van der Waals surface area contributed by atoms with Crippen molar-refractivity contribution in [2.75, 3.05) is 31.1 Å². The molecule has 1 unspecified atom stereocenters. The Morgan fingerprint density at radius 3 is 3.00 bits per heavy atom. The van der Waals surface area contributed by atoms with Crippen molar-refractivity contribution in [3.8, 4) is 0 Å². The Balaban J connectivity index is 1.68. The van der Waals surface area contributed by atoms with Gasteiger partial charge in [0.1, 0.15) is 5.82 Å². The van der Waals surface area contributed by atoms with Crippen LogP contribution in [0.2, 0.25) is 5.02 Å². The molecule has 0 saturated carbocycles. The Kier molecular flexibility index (Phi) is 3.48. The molecule has 4 heteroatoms. The number of halogens is 1. The summed E-state index contributed by atoms with van der Waals surface area (Å²) in [6.07, 6.45) is 5.96. The minimum Gasteiger partial charge on any atom is -0.353 e. The van der Waals surface area contributed by atoms with E-state index in [-0.39, 0.29) is 0 Å². The Bertz CT molecular complexity index is 658.